The van der Waals surface area contributed by atoms with Gasteiger partial charge in [0.15, 0.2) is 11.5 Å². The van der Waals surface area contributed by atoms with Gasteiger partial charge in [-0.2, -0.15) is 0 Å². The summed E-state index contributed by atoms with van der Waals surface area (Å²) in [6, 6.07) is 6.33. The predicted molar refractivity (Wildman–Crippen MR) is 92.9 cm³/mol. The van der Waals surface area contributed by atoms with E-state index in [1.54, 1.807) is 12.1 Å². The maximum Gasteiger partial charge on any atom is 0.256 e. The fourth-order valence-electron chi connectivity index (χ4n) is 2.41. The summed E-state index contributed by atoms with van der Waals surface area (Å²) < 4.78 is 1.69. The van der Waals surface area contributed by atoms with E-state index in [1.165, 1.54) is 12.1 Å². The van der Waals surface area contributed by atoms with Crippen molar-refractivity contribution in [2.45, 2.75) is 6.92 Å². The van der Waals surface area contributed by atoms with Gasteiger partial charge in [0.1, 0.15) is 0 Å². The Morgan fingerprint density at radius 2 is 1.82 bits per heavy atom. The summed E-state index contributed by atoms with van der Waals surface area (Å²) in [5, 5.41) is 21.8. The molecule has 0 spiro atoms. The highest BCUT2D eigenvalue weighted by molar-refractivity contribution is 9.11. The van der Waals surface area contributed by atoms with Crippen LogP contribution < -0.4 is 5.32 Å². The van der Waals surface area contributed by atoms with Crippen LogP contribution in [0, 0.1) is 6.92 Å². The molecule has 1 aliphatic rings. The number of fused-ring (bicyclic) bond motifs is 1. The Labute approximate surface area is 143 Å². The van der Waals surface area contributed by atoms with Crippen molar-refractivity contribution in [2.75, 3.05) is 5.32 Å². The van der Waals surface area contributed by atoms with E-state index in [0.29, 0.717) is 11.1 Å². The van der Waals surface area contributed by atoms with Gasteiger partial charge in [0.05, 0.1) is 5.69 Å². The summed E-state index contributed by atoms with van der Waals surface area (Å²) >= 11 is 6.93. The highest BCUT2D eigenvalue weighted by atomic mass is 79.9. The van der Waals surface area contributed by atoms with Gasteiger partial charge in [0.25, 0.3) is 5.91 Å². The Morgan fingerprint density at radius 3 is 2.50 bits per heavy atom. The number of amides is 1. The van der Waals surface area contributed by atoms with Gasteiger partial charge in [-0.1, -0.05) is 22.0 Å². The maximum absolute atomic E-state index is 12.3. The maximum atomic E-state index is 12.3. The van der Waals surface area contributed by atoms with Crippen molar-refractivity contribution in [1.29, 1.82) is 0 Å². The Balaban J connectivity index is 2.20. The number of halogens is 2. The molecule has 1 amide bonds. The molecule has 0 radical (unpaired) electrons. The molecule has 112 valence electrons. The molecule has 1 aliphatic heterocycles. The van der Waals surface area contributed by atoms with E-state index in [9.17, 15) is 15.0 Å². The molecule has 1 heterocycles. The Bertz CT molecular complexity index is 844. The largest absolute Gasteiger partial charge is 0.504 e. The summed E-state index contributed by atoms with van der Waals surface area (Å²) in [6.45, 7) is 1.93. The Kier molecular flexibility index (Phi) is 3.74. The predicted octanol–water partition coefficient (Wildman–Crippen LogP) is 4.42. The number of carbonyl (C=O) groups is 1. The minimum absolute atomic E-state index is 0.194. The normalized spacial score (nSPS) is 15.0. The average molecular weight is 425 g/mol. The van der Waals surface area contributed by atoms with E-state index in [2.05, 4.69) is 37.2 Å². The second-order valence-electron chi connectivity index (χ2n) is 4.98. The van der Waals surface area contributed by atoms with Crippen molar-refractivity contribution >= 4 is 55.1 Å². The number of hydrogen-bond acceptors (Lipinski definition) is 3. The number of phenols is 2. The number of benzene rings is 2. The molecule has 0 aliphatic carbocycles. The van der Waals surface area contributed by atoms with Gasteiger partial charge in [0, 0.05) is 20.1 Å². The van der Waals surface area contributed by atoms with Crippen molar-refractivity contribution in [3.8, 4) is 11.5 Å². The number of rotatable bonds is 1. The van der Waals surface area contributed by atoms with Gasteiger partial charge >= 0.3 is 0 Å². The van der Waals surface area contributed by atoms with E-state index in [-0.39, 0.29) is 17.4 Å². The van der Waals surface area contributed by atoms with Crippen LogP contribution in [0.4, 0.5) is 5.69 Å². The van der Waals surface area contributed by atoms with E-state index in [1.807, 2.05) is 13.0 Å². The molecule has 0 saturated heterocycles. The molecule has 3 rings (SSSR count). The lowest BCUT2D eigenvalue weighted by atomic mass is 9.99. The standard InChI is InChI=1S/C16H11Br2NO3/c1-7-10(17)6-11(18)15-14(7)9(16(22)19-15)4-8-2-3-12(20)13(21)5-8/h2-6,20-21H,1H3,(H,19,22). The van der Waals surface area contributed by atoms with Gasteiger partial charge in [-0.25, -0.2) is 0 Å². The molecule has 0 atom stereocenters. The second kappa shape index (κ2) is 5.44. The summed E-state index contributed by atoms with van der Waals surface area (Å²) in [4.78, 5) is 12.3. The highest BCUT2D eigenvalue weighted by Crippen LogP contribution is 2.43. The SMILES string of the molecule is Cc1c(Br)cc(Br)c2c1C(=Cc1ccc(O)c(O)c1)C(=O)N2. The molecule has 22 heavy (non-hydrogen) atoms. The molecule has 0 fully saturated rings. The number of phenolic OH excluding ortho intramolecular Hbond substituents is 2. The lowest BCUT2D eigenvalue weighted by Gasteiger charge is -2.08. The summed E-state index contributed by atoms with van der Waals surface area (Å²) in [5.74, 6) is -0.621. The van der Waals surface area contributed by atoms with Crippen LogP contribution in [0.3, 0.4) is 0 Å². The minimum atomic E-state index is -0.222. The van der Waals surface area contributed by atoms with Gasteiger partial charge in [-0.15, -0.1) is 0 Å². The third-order valence-corrected chi connectivity index (χ3v) is 4.99. The molecule has 4 nitrogen and oxygen atoms in total. The second-order valence-corrected chi connectivity index (χ2v) is 6.68. The quantitative estimate of drug-likeness (QED) is 0.468. The van der Waals surface area contributed by atoms with Crippen LogP contribution in [-0.4, -0.2) is 16.1 Å². The van der Waals surface area contributed by atoms with E-state index in [0.717, 1.165) is 25.8 Å². The molecule has 6 heteroatoms. The first-order valence-corrected chi connectivity index (χ1v) is 8.01. The van der Waals surface area contributed by atoms with Crippen LogP contribution in [0.5, 0.6) is 11.5 Å². The summed E-state index contributed by atoms with van der Waals surface area (Å²) in [6.07, 6.45) is 1.69. The summed E-state index contributed by atoms with van der Waals surface area (Å²) in [5.41, 5.74) is 3.65. The zero-order valence-electron chi connectivity index (χ0n) is 11.4. The van der Waals surface area contributed by atoms with Gasteiger partial charge in [-0.3, -0.25) is 4.79 Å². The fraction of sp³-hybridized carbons (Fsp3) is 0.0625. The van der Waals surface area contributed by atoms with Gasteiger partial charge < -0.3 is 15.5 Å². The van der Waals surface area contributed by atoms with Crippen molar-refractivity contribution in [1.82, 2.24) is 0 Å². The van der Waals surface area contributed by atoms with E-state index >= 15 is 0 Å². The van der Waals surface area contributed by atoms with E-state index in [4.69, 9.17) is 0 Å². The van der Waals surface area contributed by atoms with E-state index < -0.39 is 0 Å². The third kappa shape index (κ3) is 2.42. The molecule has 0 unspecified atom stereocenters. The molecule has 3 N–H and O–H groups in total. The lowest BCUT2D eigenvalue weighted by Crippen LogP contribution is -2.03. The zero-order chi connectivity index (χ0) is 16.0. The highest BCUT2D eigenvalue weighted by Gasteiger charge is 2.29. The minimum Gasteiger partial charge on any atom is -0.504 e. The van der Waals surface area contributed by atoms with Gasteiger partial charge in [-0.05, 0) is 58.3 Å². The summed E-state index contributed by atoms with van der Waals surface area (Å²) in [7, 11) is 0. The first-order valence-electron chi connectivity index (χ1n) is 6.42. The first-order chi connectivity index (χ1) is 10.4. The number of hydrogen-bond donors (Lipinski definition) is 3. The fourth-order valence-corrected chi connectivity index (χ4v) is 3.67. The molecular formula is C16H11Br2NO3. The van der Waals surface area contributed by atoms with Crippen molar-refractivity contribution in [2.24, 2.45) is 0 Å². The number of carbonyl (C=O) groups excluding carboxylic acids is 1. The number of aromatic hydroxyl groups is 2. The Hall–Kier alpha value is -1.79. The molecule has 0 bridgehead atoms. The van der Waals surface area contributed by atoms with Crippen LogP contribution >= 0.6 is 31.9 Å². The smallest absolute Gasteiger partial charge is 0.256 e. The van der Waals surface area contributed by atoms with Crippen LogP contribution in [-0.2, 0) is 4.79 Å². The van der Waals surface area contributed by atoms with Crippen LogP contribution in [0.1, 0.15) is 16.7 Å². The van der Waals surface area contributed by atoms with Crippen LogP contribution in [0.2, 0.25) is 0 Å². The molecule has 2 aromatic carbocycles. The van der Waals surface area contributed by atoms with Crippen molar-refractivity contribution < 1.29 is 15.0 Å². The van der Waals surface area contributed by atoms with Crippen molar-refractivity contribution in [3.63, 3.8) is 0 Å². The van der Waals surface area contributed by atoms with Crippen LogP contribution in [0.25, 0.3) is 11.6 Å². The molecule has 0 saturated carbocycles. The van der Waals surface area contributed by atoms with Gasteiger partial charge in [0.2, 0.25) is 0 Å². The topological polar surface area (TPSA) is 69.6 Å². The Morgan fingerprint density at radius 1 is 1.09 bits per heavy atom. The monoisotopic (exact) mass is 423 g/mol. The van der Waals surface area contributed by atoms with Crippen LogP contribution in [0.15, 0.2) is 33.2 Å². The van der Waals surface area contributed by atoms with Crippen molar-refractivity contribution in [3.05, 3.63) is 49.9 Å². The molecular weight excluding hydrogens is 414 g/mol. The number of anilines is 1. The zero-order valence-corrected chi connectivity index (χ0v) is 14.6. The average Bonchev–Trinajstić information content (AvgIpc) is 2.78. The molecule has 0 aromatic heterocycles. The number of nitrogens with one attached hydrogen (secondary N) is 1. The third-order valence-electron chi connectivity index (χ3n) is 3.54. The lowest BCUT2D eigenvalue weighted by molar-refractivity contribution is -0.110. The first kappa shape index (κ1) is 15.1. The molecule has 2 aromatic rings.